The molecule has 0 spiro atoms. The van der Waals surface area contributed by atoms with Crippen molar-refractivity contribution in [2.24, 2.45) is 0 Å². The molecule has 1 rings (SSSR count). The molecule has 8 nitrogen and oxygen atoms in total. The van der Waals surface area contributed by atoms with E-state index in [4.69, 9.17) is 8.92 Å². The molecule has 0 aliphatic heterocycles. The van der Waals surface area contributed by atoms with E-state index in [0.29, 0.717) is 6.54 Å². The Morgan fingerprint density at radius 2 is 1.74 bits per heavy atom. The third-order valence-corrected chi connectivity index (χ3v) is 7.12. The summed E-state index contributed by atoms with van der Waals surface area (Å²) >= 11 is 0. The molecule has 1 aliphatic rings. The molecule has 9 heteroatoms. The molecule has 0 saturated heterocycles. The Morgan fingerprint density at radius 1 is 1.10 bits per heavy atom. The first kappa shape index (κ1) is 28.0. The zero-order chi connectivity index (χ0) is 23.1. The highest BCUT2D eigenvalue weighted by atomic mass is 32.2. The predicted molar refractivity (Wildman–Crippen MR) is 124 cm³/mol. The molecule has 0 aromatic heterocycles. The smallest absolute Gasteiger partial charge is 0.338 e. The molecule has 1 aliphatic carbocycles. The first-order chi connectivity index (χ1) is 14.8. The molecule has 1 fully saturated rings. The van der Waals surface area contributed by atoms with E-state index in [1.54, 1.807) is 6.92 Å². The van der Waals surface area contributed by atoms with Gasteiger partial charge in [0.2, 0.25) is 5.91 Å². The number of ether oxygens (including phenoxy) is 1. The van der Waals surface area contributed by atoms with E-state index in [9.17, 15) is 13.2 Å². The molecular weight excluding hydrogens is 418 g/mol. The standard InChI is InChI=1S/C22H43N3O5S/c1-5-16-24(3)17-10-8-7-9-11-18-29-21-14-12-20(13-15-21)25(4)31(27,28)30-19-22(26)23-6-2/h5,20-21H,1,6-19H2,2-4H3,(H,23,26)/t20-,21-. The van der Waals surface area contributed by atoms with Gasteiger partial charge in [0.1, 0.15) is 6.61 Å². The second-order valence-electron chi connectivity index (χ2n) is 8.31. The first-order valence-corrected chi connectivity index (χ1v) is 13.0. The molecule has 1 N–H and O–H groups in total. The number of carbonyl (C=O) groups excluding carboxylic acids is 1. The second kappa shape index (κ2) is 15.7. The van der Waals surface area contributed by atoms with Crippen molar-refractivity contribution in [2.45, 2.75) is 76.9 Å². The van der Waals surface area contributed by atoms with Crippen LogP contribution in [0.25, 0.3) is 0 Å². The lowest BCUT2D eigenvalue weighted by Crippen LogP contribution is -2.42. The first-order valence-electron chi connectivity index (χ1n) is 11.6. The van der Waals surface area contributed by atoms with Gasteiger partial charge in [-0.05, 0) is 59.0 Å². The number of hydrogen-bond acceptors (Lipinski definition) is 6. The van der Waals surface area contributed by atoms with Gasteiger partial charge in [0.15, 0.2) is 0 Å². The number of likely N-dealkylation sites (N-methyl/N-ethyl adjacent to an activating group) is 2. The van der Waals surface area contributed by atoms with Gasteiger partial charge in [-0.25, -0.2) is 4.18 Å². The van der Waals surface area contributed by atoms with Crippen LogP contribution in [0.3, 0.4) is 0 Å². The van der Waals surface area contributed by atoms with Crippen LogP contribution < -0.4 is 5.32 Å². The van der Waals surface area contributed by atoms with Gasteiger partial charge in [0.25, 0.3) is 0 Å². The van der Waals surface area contributed by atoms with Crippen LogP contribution in [0, 0.1) is 0 Å². The van der Waals surface area contributed by atoms with Gasteiger partial charge in [0.05, 0.1) is 6.10 Å². The second-order valence-corrected chi connectivity index (χ2v) is 9.98. The van der Waals surface area contributed by atoms with Crippen LogP contribution in [0.5, 0.6) is 0 Å². The summed E-state index contributed by atoms with van der Waals surface area (Å²) in [5, 5.41) is 2.52. The molecule has 1 amide bonds. The number of carbonyl (C=O) groups is 1. The van der Waals surface area contributed by atoms with Crippen LogP contribution in [0.1, 0.15) is 64.7 Å². The van der Waals surface area contributed by atoms with Crippen molar-refractivity contribution in [1.29, 1.82) is 0 Å². The number of nitrogens with one attached hydrogen (secondary N) is 1. The summed E-state index contributed by atoms with van der Waals surface area (Å²) in [5.41, 5.74) is 0. The summed E-state index contributed by atoms with van der Waals surface area (Å²) in [6, 6.07) is -0.113. The maximum atomic E-state index is 12.3. The van der Waals surface area contributed by atoms with Crippen molar-refractivity contribution in [3.63, 3.8) is 0 Å². The average molecular weight is 462 g/mol. The molecule has 31 heavy (non-hydrogen) atoms. The predicted octanol–water partition coefficient (Wildman–Crippen LogP) is 2.71. The minimum absolute atomic E-state index is 0.113. The molecule has 0 bridgehead atoms. The zero-order valence-corrected chi connectivity index (χ0v) is 20.5. The molecule has 1 saturated carbocycles. The SMILES string of the molecule is C=CCN(C)CCCCCCCO[C@H]1CC[C@H](N(C)S(=O)(=O)OCC(=O)NCC)CC1. The minimum atomic E-state index is -3.91. The lowest BCUT2D eigenvalue weighted by Gasteiger charge is -2.33. The van der Waals surface area contributed by atoms with Gasteiger partial charge in [-0.15, -0.1) is 6.58 Å². The molecule has 0 unspecified atom stereocenters. The van der Waals surface area contributed by atoms with E-state index in [-0.39, 0.29) is 12.1 Å². The fraction of sp³-hybridized carbons (Fsp3) is 0.864. The lowest BCUT2D eigenvalue weighted by atomic mass is 9.93. The normalized spacial score (nSPS) is 19.6. The Kier molecular flexibility index (Phi) is 14.2. The van der Waals surface area contributed by atoms with Crippen LogP contribution in [-0.4, -0.2) is 82.6 Å². The van der Waals surface area contributed by atoms with Crippen LogP contribution in [0.4, 0.5) is 0 Å². The number of hydrogen-bond donors (Lipinski definition) is 1. The summed E-state index contributed by atoms with van der Waals surface area (Å²) in [6.07, 6.45) is 11.3. The van der Waals surface area contributed by atoms with Gasteiger partial charge < -0.3 is 15.0 Å². The average Bonchev–Trinajstić information content (AvgIpc) is 2.74. The Labute approximate surface area is 189 Å². The summed E-state index contributed by atoms with van der Waals surface area (Å²) in [5.74, 6) is -0.434. The monoisotopic (exact) mass is 461 g/mol. The quantitative estimate of drug-likeness (QED) is 0.265. The van der Waals surface area contributed by atoms with Crippen molar-refractivity contribution >= 4 is 16.2 Å². The molecule has 182 valence electrons. The largest absolute Gasteiger partial charge is 0.378 e. The van der Waals surface area contributed by atoms with E-state index in [1.807, 2.05) is 6.08 Å². The highest BCUT2D eigenvalue weighted by molar-refractivity contribution is 7.84. The fourth-order valence-corrected chi connectivity index (χ4v) is 4.79. The van der Waals surface area contributed by atoms with Crippen LogP contribution in [0.2, 0.25) is 0 Å². The van der Waals surface area contributed by atoms with Gasteiger partial charge in [-0.2, -0.15) is 12.7 Å². The number of nitrogens with zero attached hydrogens (tertiary/aromatic N) is 2. The van der Waals surface area contributed by atoms with Gasteiger partial charge in [0, 0.05) is 32.8 Å². The molecule has 0 aromatic rings. The summed E-state index contributed by atoms with van der Waals surface area (Å²) in [4.78, 5) is 13.7. The lowest BCUT2D eigenvalue weighted by molar-refractivity contribution is -0.123. The van der Waals surface area contributed by atoms with Crippen LogP contribution in [0.15, 0.2) is 12.7 Å². The number of unbranched alkanes of at least 4 members (excludes halogenated alkanes) is 4. The zero-order valence-electron chi connectivity index (χ0n) is 19.7. The summed E-state index contributed by atoms with van der Waals surface area (Å²) in [7, 11) is -0.264. The molecule has 0 aromatic carbocycles. The third kappa shape index (κ3) is 12.0. The Bertz CT molecular complexity index is 606. The maximum absolute atomic E-state index is 12.3. The number of rotatable bonds is 17. The third-order valence-electron chi connectivity index (χ3n) is 5.70. The highest BCUT2D eigenvalue weighted by Gasteiger charge is 2.31. The highest BCUT2D eigenvalue weighted by Crippen LogP contribution is 2.26. The van der Waals surface area contributed by atoms with E-state index < -0.39 is 22.8 Å². The maximum Gasteiger partial charge on any atom is 0.338 e. The minimum Gasteiger partial charge on any atom is -0.378 e. The fourth-order valence-electron chi connectivity index (χ4n) is 3.79. The van der Waals surface area contributed by atoms with Gasteiger partial charge in [-0.3, -0.25) is 4.79 Å². The van der Waals surface area contributed by atoms with E-state index in [2.05, 4.69) is 23.8 Å². The Balaban J connectivity index is 2.13. The van der Waals surface area contributed by atoms with E-state index in [1.165, 1.54) is 37.0 Å². The molecule has 0 atom stereocenters. The van der Waals surface area contributed by atoms with Gasteiger partial charge in [-0.1, -0.05) is 25.3 Å². The topological polar surface area (TPSA) is 88.2 Å². The van der Waals surface area contributed by atoms with Crippen molar-refractivity contribution in [1.82, 2.24) is 14.5 Å². The van der Waals surface area contributed by atoms with Crippen LogP contribution in [-0.2, 0) is 24.0 Å². The summed E-state index contributed by atoms with van der Waals surface area (Å²) < 4.78 is 36.7. The van der Waals surface area contributed by atoms with E-state index in [0.717, 1.165) is 51.8 Å². The molecule has 0 radical (unpaired) electrons. The van der Waals surface area contributed by atoms with E-state index >= 15 is 0 Å². The molecule has 0 heterocycles. The number of amides is 1. The van der Waals surface area contributed by atoms with Gasteiger partial charge >= 0.3 is 10.3 Å². The summed E-state index contributed by atoms with van der Waals surface area (Å²) in [6.45, 7) is 8.32. The van der Waals surface area contributed by atoms with Crippen molar-refractivity contribution in [3.05, 3.63) is 12.7 Å². The van der Waals surface area contributed by atoms with Crippen LogP contribution >= 0.6 is 0 Å². The molecular formula is C22H43N3O5S. The Morgan fingerprint density at radius 3 is 2.39 bits per heavy atom. The van der Waals surface area contributed by atoms with Crippen molar-refractivity contribution in [3.8, 4) is 0 Å². The van der Waals surface area contributed by atoms with Crippen molar-refractivity contribution < 1.29 is 22.1 Å². The van der Waals surface area contributed by atoms with Crippen molar-refractivity contribution in [2.75, 3.05) is 46.9 Å². The Hall–Kier alpha value is -1.00.